The second-order valence-electron chi connectivity index (χ2n) is 8.89. The molecular weight excluding hydrogens is 316 g/mol. The molecule has 0 amide bonds. The first kappa shape index (κ1) is 22.9. The first-order valence-corrected chi connectivity index (χ1v) is 14.9. The van der Waals surface area contributed by atoms with E-state index in [1.807, 2.05) is 0 Å². The predicted molar refractivity (Wildman–Crippen MR) is 109 cm³/mol. The van der Waals surface area contributed by atoms with Crippen molar-refractivity contribution in [2.24, 2.45) is 0 Å². The molecule has 2 nitrogen and oxygen atoms in total. The van der Waals surface area contributed by atoms with Gasteiger partial charge < -0.3 is 8.85 Å². The smallest absolute Gasteiger partial charge is 0.241 e. The molecule has 0 spiro atoms. The second kappa shape index (κ2) is 9.43. The van der Waals surface area contributed by atoms with Gasteiger partial charge in [0, 0.05) is 12.5 Å². The van der Waals surface area contributed by atoms with Crippen LogP contribution in [0, 0.1) is 0 Å². The van der Waals surface area contributed by atoms with Crippen LogP contribution >= 0.6 is 0 Å². The van der Waals surface area contributed by atoms with Gasteiger partial charge in [-0.3, -0.25) is 0 Å². The van der Waals surface area contributed by atoms with Gasteiger partial charge >= 0.3 is 0 Å². The average molecular weight is 359 g/mol. The zero-order valence-electron chi connectivity index (χ0n) is 17.5. The maximum Gasteiger partial charge on any atom is 0.241 e. The van der Waals surface area contributed by atoms with Crippen molar-refractivity contribution in [1.29, 1.82) is 0 Å². The van der Waals surface area contributed by atoms with Crippen LogP contribution in [0.3, 0.4) is 0 Å². The highest BCUT2D eigenvalue weighted by atomic mass is 28.4. The zero-order valence-corrected chi connectivity index (χ0v) is 19.5. The van der Waals surface area contributed by atoms with E-state index in [2.05, 4.69) is 74.7 Å². The highest BCUT2D eigenvalue weighted by Gasteiger charge is 2.45. The lowest BCUT2D eigenvalue weighted by atomic mass is 10.1. The molecule has 0 aliphatic heterocycles. The van der Waals surface area contributed by atoms with Gasteiger partial charge in [-0.2, -0.15) is 0 Å². The van der Waals surface area contributed by atoms with Gasteiger partial charge in [0.05, 0.1) is 5.76 Å². The summed E-state index contributed by atoms with van der Waals surface area (Å²) in [6, 6.07) is 0. The Morgan fingerprint density at radius 2 is 1.30 bits per heavy atom. The van der Waals surface area contributed by atoms with E-state index in [0.29, 0.717) is 22.7 Å². The monoisotopic (exact) mass is 358 g/mol. The van der Waals surface area contributed by atoms with Crippen LogP contribution in [0.4, 0.5) is 0 Å². The molecule has 0 aliphatic rings. The fourth-order valence-corrected chi connectivity index (χ4v) is 10.5. The van der Waals surface area contributed by atoms with E-state index in [0.717, 1.165) is 25.0 Å². The SMILES string of the molecule is C=C(CCCC(C)O[Si](C(C)C)(C(C)C)C(C)C)O[Si](C)(C)C. The average Bonchev–Trinajstić information content (AvgIpc) is 2.32. The largest absolute Gasteiger partial charge is 0.548 e. The van der Waals surface area contributed by atoms with Crippen LogP contribution in [0.25, 0.3) is 0 Å². The van der Waals surface area contributed by atoms with Crippen molar-refractivity contribution >= 4 is 16.6 Å². The fourth-order valence-electron chi connectivity index (χ4n) is 3.89. The first-order valence-electron chi connectivity index (χ1n) is 9.37. The van der Waals surface area contributed by atoms with E-state index in [1.165, 1.54) is 0 Å². The molecule has 138 valence electrons. The van der Waals surface area contributed by atoms with E-state index in [-0.39, 0.29) is 0 Å². The summed E-state index contributed by atoms with van der Waals surface area (Å²) < 4.78 is 12.7. The third-order valence-corrected chi connectivity index (χ3v) is 11.8. The second-order valence-corrected chi connectivity index (χ2v) is 18.7. The van der Waals surface area contributed by atoms with Gasteiger partial charge in [-0.05, 0) is 56.0 Å². The van der Waals surface area contributed by atoms with Crippen LogP contribution in [0.1, 0.15) is 67.7 Å². The Kier molecular flexibility index (Phi) is 9.40. The quantitative estimate of drug-likeness (QED) is 0.289. The zero-order chi connectivity index (χ0) is 18.4. The first-order chi connectivity index (χ1) is 10.3. The lowest BCUT2D eigenvalue weighted by molar-refractivity contribution is 0.178. The van der Waals surface area contributed by atoms with Crippen molar-refractivity contribution in [3.63, 3.8) is 0 Å². The van der Waals surface area contributed by atoms with Crippen LogP contribution < -0.4 is 0 Å². The molecule has 0 aliphatic carbocycles. The Morgan fingerprint density at radius 1 is 0.870 bits per heavy atom. The van der Waals surface area contributed by atoms with E-state index < -0.39 is 16.6 Å². The molecule has 0 fully saturated rings. The van der Waals surface area contributed by atoms with Crippen LogP contribution in [-0.2, 0) is 8.85 Å². The standard InChI is InChI=1S/C19H42O2Si2/c1-15(2)23(16(3)4,17(5)6)21-19(8)14-12-13-18(7)20-22(9,10)11/h15-17,19H,7,12-14H2,1-6,8-11H3. The van der Waals surface area contributed by atoms with E-state index in [1.54, 1.807) is 0 Å². The van der Waals surface area contributed by atoms with Crippen molar-refractivity contribution in [2.75, 3.05) is 0 Å². The summed E-state index contributed by atoms with van der Waals surface area (Å²) in [5.41, 5.74) is 1.94. The molecule has 0 radical (unpaired) electrons. The normalized spacial score (nSPS) is 14.7. The van der Waals surface area contributed by atoms with Gasteiger partial charge in [-0.25, -0.2) is 0 Å². The molecule has 0 saturated heterocycles. The number of hydrogen-bond donors (Lipinski definition) is 0. The summed E-state index contributed by atoms with van der Waals surface area (Å²) in [5, 5.41) is 0. The third kappa shape index (κ3) is 7.57. The van der Waals surface area contributed by atoms with Gasteiger partial charge in [0.15, 0.2) is 0 Å². The Bertz CT molecular complexity index is 335. The summed E-state index contributed by atoms with van der Waals surface area (Å²) in [5.74, 6) is 0.955. The lowest BCUT2D eigenvalue weighted by Gasteiger charge is -2.44. The van der Waals surface area contributed by atoms with Crippen molar-refractivity contribution in [1.82, 2.24) is 0 Å². The molecule has 0 saturated carbocycles. The van der Waals surface area contributed by atoms with E-state index in [4.69, 9.17) is 8.85 Å². The van der Waals surface area contributed by atoms with Gasteiger partial charge in [-0.1, -0.05) is 48.1 Å². The maximum absolute atomic E-state index is 6.78. The van der Waals surface area contributed by atoms with Gasteiger partial charge in [0.2, 0.25) is 16.6 Å². The lowest BCUT2D eigenvalue weighted by Crippen LogP contribution is -2.49. The highest BCUT2D eigenvalue weighted by molar-refractivity contribution is 6.77. The molecule has 0 aromatic heterocycles. The maximum atomic E-state index is 6.78. The molecule has 1 atom stereocenters. The Labute approximate surface area is 148 Å². The van der Waals surface area contributed by atoms with E-state index in [9.17, 15) is 0 Å². The minimum Gasteiger partial charge on any atom is -0.548 e. The molecule has 0 bridgehead atoms. The Balaban J connectivity index is 4.56. The number of hydrogen-bond acceptors (Lipinski definition) is 2. The molecule has 4 heteroatoms. The van der Waals surface area contributed by atoms with Gasteiger partial charge in [-0.15, -0.1) is 0 Å². The molecule has 1 unspecified atom stereocenters. The van der Waals surface area contributed by atoms with Crippen LogP contribution in [0.15, 0.2) is 12.3 Å². The summed E-state index contributed by atoms with van der Waals surface area (Å²) in [6.07, 6.45) is 3.48. The molecule has 0 heterocycles. The van der Waals surface area contributed by atoms with Crippen LogP contribution in [0.2, 0.25) is 36.3 Å². The minimum atomic E-state index is -1.75. The van der Waals surface area contributed by atoms with Crippen LogP contribution in [-0.4, -0.2) is 22.7 Å². The Hall–Kier alpha value is -0.0662. The topological polar surface area (TPSA) is 18.5 Å². The van der Waals surface area contributed by atoms with Crippen molar-refractivity contribution in [3.8, 4) is 0 Å². The molecule has 23 heavy (non-hydrogen) atoms. The molecular formula is C19H42O2Si2. The minimum absolute atomic E-state index is 0.327. The molecule has 0 N–H and O–H groups in total. The summed E-state index contributed by atoms with van der Waals surface area (Å²) in [6.45, 7) is 27.0. The highest BCUT2D eigenvalue weighted by Crippen LogP contribution is 2.43. The predicted octanol–water partition coefficient (Wildman–Crippen LogP) is 7.10. The molecule has 0 aromatic carbocycles. The molecule has 0 aromatic rings. The van der Waals surface area contributed by atoms with E-state index >= 15 is 0 Å². The summed E-state index contributed by atoms with van der Waals surface area (Å²) >= 11 is 0. The molecule has 0 rings (SSSR count). The third-order valence-electron chi connectivity index (χ3n) is 4.63. The summed E-state index contributed by atoms with van der Waals surface area (Å²) in [7, 11) is -3.26. The Morgan fingerprint density at radius 3 is 1.65 bits per heavy atom. The van der Waals surface area contributed by atoms with Gasteiger partial charge in [0.25, 0.3) is 0 Å². The van der Waals surface area contributed by atoms with Crippen molar-refractivity contribution in [3.05, 3.63) is 12.3 Å². The van der Waals surface area contributed by atoms with Gasteiger partial charge in [0.1, 0.15) is 0 Å². The van der Waals surface area contributed by atoms with Crippen LogP contribution in [0.5, 0.6) is 0 Å². The number of rotatable bonds is 11. The summed E-state index contributed by atoms with van der Waals surface area (Å²) in [4.78, 5) is 0. The fraction of sp³-hybridized carbons (Fsp3) is 0.895. The van der Waals surface area contributed by atoms with Crippen molar-refractivity contribution < 1.29 is 8.85 Å². The number of allylic oxidation sites excluding steroid dienone is 1. The van der Waals surface area contributed by atoms with Crippen molar-refractivity contribution in [2.45, 2.75) is 110 Å².